The molecule has 1 aromatic rings. The molecule has 0 unspecified atom stereocenters. The molecule has 1 aromatic carbocycles. The molecule has 0 atom stereocenters. The lowest BCUT2D eigenvalue weighted by molar-refractivity contribution is -0.384. The van der Waals surface area contributed by atoms with Crippen LogP contribution in [0, 0.1) is 10.1 Å². The van der Waals surface area contributed by atoms with Crippen LogP contribution in [0.5, 0.6) is 0 Å². The van der Waals surface area contributed by atoms with Gasteiger partial charge in [-0.25, -0.2) is 8.42 Å². The molecule has 0 saturated heterocycles. The lowest BCUT2D eigenvalue weighted by Crippen LogP contribution is -2.35. The van der Waals surface area contributed by atoms with Gasteiger partial charge in [0.05, 0.1) is 16.4 Å². The topological polar surface area (TPSA) is 113 Å². The average molecular weight is 315 g/mol. The highest BCUT2D eigenvalue weighted by Gasteiger charge is 2.38. The Bertz CT molecular complexity index is 642. The maximum absolute atomic E-state index is 12.6. The van der Waals surface area contributed by atoms with Crippen molar-refractivity contribution in [3.8, 4) is 0 Å². The molecular formula is C12H17N3O5S. The minimum atomic E-state index is -3.76. The molecule has 0 amide bonds. The van der Waals surface area contributed by atoms with E-state index >= 15 is 0 Å². The second-order valence-electron chi connectivity index (χ2n) is 4.76. The van der Waals surface area contributed by atoms with Gasteiger partial charge < -0.3 is 10.4 Å². The summed E-state index contributed by atoms with van der Waals surface area (Å²) >= 11 is 0. The maximum Gasteiger partial charge on any atom is 0.292 e. The van der Waals surface area contributed by atoms with Crippen LogP contribution in [0.4, 0.5) is 11.4 Å². The molecule has 116 valence electrons. The molecule has 1 fully saturated rings. The van der Waals surface area contributed by atoms with Gasteiger partial charge in [0, 0.05) is 25.7 Å². The van der Waals surface area contributed by atoms with E-state index in [1.807, 2.05) is 0 Å². The molecular weight excluding hydrogens is 298 g/mol. The zero-order valence-electron chi connectivity index (χ0n) is 11.5. The van der Waals surface area contributed by atoms with E-state index in [2.05, 4.69) is 5.32 Å². The highest BCUT2D eigenvalue weighted by atomic mass is 32.2. The van der Waals surface area contributed by atoms with Crippen molar-refractivity contribution in [1.82, 2.24) is 4.31 Å². The van der Waals surface area contributed by atoms with E-state index in [4.69, 9.17) is 5.11 Å². The van der Waals surface area contributed by atoms with E-state index in [0.29, 0.717) is 0 Å². The molecule has 2 rings (SSSR count). The number of nitro groups is 1. The fourth-order valence-corrected chi connectivity index (χ4v) is 3.83. The number of nitrogens with zero attached hydrogens (tertiary/aromatic N) is 2. The van der Waals surface area contributed by atoms with Crippen LogP contribution in [0.2, 0.25) is 0 Å². The quantitative estimate of drug-likeness (QED) is 0.568. The Balaban J connectivity index is 2.42. The Morgan fingerprint density at radius 1 is 1.48 bits per heavy atom. The van der Waals surface area contributed by atoms with Crippen LogP contribution in [0.3, 0.4) is 0 Å². The number of sulfonamides is 1. The fourth-order valence-electron chi connectivity index (χ4n) is 2.13. The molecule has 0 bridgehead atoms. The minimum Gasteiger partial charge on any atom is -0.395 e. The van der Waals surface area contributed by atoms with E-state index in [-0.39, 0.29) is 35.5 Å². The minimum absolute atomic E-state index is 0.0159. The maximum atomic E-state index is 12.6. The van der Waals surface area contributed by atoms with Crippen LogP contribution in [-0.4, -0.2) is 49.0 Å². The number of nitrogens with one attached hydrogen (secondary N) is 1. The molecule has 0 aliphatic heterocycles. The molecule has 0 radical (unpaired) electrons. The van der Waals surface area contributed by atoms with E-state index in [1.54, 1.807) is 0 Å². The van der Waals surface area contributed by atoms with Crippen molar-refractivity contribution in [1.29, 1.82) is 0 Å². The molecule has 9 heteroatoms. The second kappa shape index (κ2) is 5.96. The normalized spacial score (nSPS) is 15.2. The van der Waals surface area contributed by atoms with Crippen molar-refractivity contribution in [3.05, 3.63) is 28.3 Å². The fraction of sp³-hybridized carbons (Fsp3) is 0.500. The van der Waals surface area contributed by atoms with E-state index in [9.17, 15) is 18.5 Å². The summed E-state index contributed by atoms with van der Waals surface area (Å²) in [5, 5.41) is 22.5. The summed E-state index contributed by atoms with van der Waals surface area (Å²) < 4.78 is 26.4. The van der Waals surface area contributed by atoms with Crippen molar-refractivity contribution in [2.45, 2.75) is 23.8 Å². The Morgan fingerprint density at radius 2 is 2.14 bits per heavy atom. The van der Waals surface area contributed by atoms with Gasteiger partial charge in [-0.3, -0.25) is 10.1 Å². The van der Waals surface area contributed by atoms with Gasteiger partial charge in [0.1, 0.15) is 5.69 Å². The molecule has 0 heterocycles. The number of hydrogen-bond acceptors (Lipinski definition) is 6. The van der Waals surface area contributed by atoms with Gasteiger partial charge in [-0.15, -0.1) is 0 Å². The summed E-state index contributed by atoms with van der Waals surface area (Å²) in [5.74, 6) is 0. The highest BCUT2D eigenvalue weighted by molar-refractivity contribution is 7.89. The van der Waals surface area contributed by atoms with Crippen LogP contribution in [0.25, 0.3) is 0 Å². The standard InChI is InChI=1S/C12H17N3O5S/c1-13-11-8-10(4-5-12(11)15(17)18)21(19,20)14(6-7-16)9-2-3-9/h4-5,8-9,13,16H,2-3,6-7H2,1H3. The Kier molecular flexibility index (Phi) is 4.45. The third kappa shape index (κ3) is 3.14. The number of anilines is 1. The molecule has 8 nitrogen and oxygen atoms in total. The lowest BCUT2D eigenvalue weighted by Gasteiger charge is -2.21. The first kappa shape index (κ1) is 15.7. The number of rotatable bonds is 7. The largest absolute Gasteiger partial charge is 0.395 e. The smallest absolute Gasteiger partial charge is 0.292 e. The third-order valence-electron chi connectivity index (χ3n) is 3.32. The molecule has 1 saturated carbocycles. The summed E-state index contributed by atoms with van der Waals surface area (Å²) in [6.45, 7) is -0.236. The average Bonchev–Trinajstić information content (AvgIpc) is 3.28. The van der Waals surface area contributed by atoms with Crippen LogP contribution >= 0.6 is 0 Å². The first-order valence-electron chi connectivity index (χ1n) is 6.50. The summed E-state index contributed by atoms with van der Waals surface area (Å²) in [4.78, 5) is 10.3. The van der Waals surface area contributed by atoms with Gasteiger partial charge in [0.15, 0.2) is 0 Å². The first-order valence-corrected chi connectivity index (χ1v) is 7.94. The van der Waals surface area contributed by atoms with Crippen molar-refractivity contribution < 1.29 is 18.4 Å². The molecule has 0 aromatic heterocycles. The zero-order chi connectivity index (χ0) is 15.6. The number of aliphatic hydroxyl groups is 1. The Hall–Kier alpha value is -1.71. The van der Waals surface area contributed by atoms with Gasteiger partial charge >= 0.3 is 0 Å². The van der Waals surface area contributed by atoms with Crippen LogP contribution < -0.4 is 5.32 Å². The Morgan fingerprint density at radius 3 is 2.62 bits per heavy atom. The summed E-state index contributed by atoms with van der Waals surface area (Å²) in [6, 6.07) is 3.56. The van der Waals surface area contributed by atoms with E-state index in [0.717, 1.165) is 12.8 Å². The molecule has 21 heavy (non-hydrogen) atoms. The third-order valence-corrected chi connectivity index (χ3v) is 5.26. The summed E-state index contributed by atoms with van der Waals surface area (Å²) in [5.41, 5.74) is -0.0441. The lowest BCUT2D eigenvalue weighted by atomic mass is 10.3. The Labute approximate surface area is 122 Å². The van der Waals surface area contributed by atoms with Crippen LogP contribution in [-0.2, 0) is 10.0 Å². The van der Waals surface area contributed by atoms with E-state index < -0.39 is 14.9 Å². The molecule has 1 aliphatic rings. The second-order valence-corrected chi connectivity index (χ2v) is 6.65. The van der Waals surface area contributed by atoms with Gasteiger partial charge in [-0.1, -0.05) is 0 Å². The molecule has 2 N–H and O–H groups in total. The van der Waals surface area contributed by atoms with E-state index in [1.165, 1.54) is 29.6 Å². The number of aliphatic hydroxyl groups excluding tert-OH is 1. The molecule has 1 aliphatic carbocycles. The predicted molar refractivity (Wildman–Crippen MR) is 76.6 cm³/mol. The monoisotopic (exact) mass is 315 g/mol. The summed E-state index contributed by atoms with van der Waals surface area (Å²) in [6.07, 6.45) is 1.54. The van der Waals surface area contributed by atoms with Gasteiger partial charge in [-0.05, 0) is 25.0 Å². The van der Waals surface area contributed by atoms with Crippen molar-refractivity contribution in [3.63, 3.8) is 0 Å². The predicted octanol–water partition coefficient (Wildman–Crippen LogP) is 0.782. The van der Waals surface area contributed by atoms with Gasteiger partial charge in [0.2, 0.25) is 10.0 Å². The van der Waals surface area contributed by atoms with Crippen molar-refractivity contribution >= 4 is 21.4 Å². The van der Waals surface area contributed by atoms with Crippen molar-refractivity contribution in [2.24, 2.45) is 0 Å². The first-order chi connectivity index (χ1) is 9.91. The zero-order valence-corrected chi connectivity index (χ0v) is 12.3. The van der Waals surface area contributed by atoms with Crippen LogP contribution in [0.15, 0.2) is 23.1 Å². The van der Waals surface area contributed by atoms with Crippen LogP contribution in [0.1, 0.15) is 12.8 Å². The number of hydrogen-bond donors (Lipinski definition) is 2. The van der Waals surface area contributed by atoms with Crippen molar-refractivity contribution in [2.75, 3.05) is 25.5 Å². The molecule has 0 spiro atoms. The SMILES string of the molecule is CNc1cc(S(=O)(=O)N(CCO)C2CC2)ccc1[N+](=O)[O-]. The van der Waals surface area contributed by atoms with Gasteiger partial charge in [-0.2, -0.15) is 4.31 Å². The summed E-state index contributed by atoms with van der Waals surface area (Å²) in [7, 11) is -2.27. The number of benzene rings is 1. The van der Waals surface area contributed by atoms with Gasteiger partial charge in [0.25, 0.3) is 5.69 Å². The number of nitro benzene ring substituents is 1. The highest BCUT2D eigenvalue weighted by Crippen LogP contribution is 2.34.